The van der Waals surface area contributed by atoms with Gasteiger partial charge in [0, 0.05) is 13.1 Å². The van der Waals surface area contributed by atoms with Gasteiger partial charge < -0.3 is 14.2 Å². The van der Waals surface area contributed by atoms with Crippen LogP contribution in [0.1, 0.15) is 11.6 Å². The standard InChI is InChI=1S/C16H22N2O3/c1-4-15(20-3)16(17-18-9-11-21-12-10-18)13-5-7-14(19-2)8-6-13/h5-8,16-17H,1,9-12H2,2-3H3. The van der Waals surface area contributed by atoms with Crippen molar-refractivity contribution in [1.29, 1.82) is 0 Å². The lowest BCUT2D eigenvalue weighted by Gasteiger charge is -2.32. The Morgan fingerprint density at radius 2 is 1.95 bits per heavy atom. The molecule has 5 heteroatoms. The van der Waals surface area contributed by atoms with Gasteiger partial charge in [-0.15, -0.1) is 0 Å². The number of benzene rings is 1. The van der Waals surface area contributed by atoms with Gasteiger partial charge in [0.25, 0.3) is 0 Å². The molecule has 21 heavy (non-hydrogen) atoms. The Balaban J connectivity index is 2.19. The second-order valence-electron chi connectivity index (χ2n) is 4.68. The van der Waals surface area contributed by atoms with Crippen LogP contribution in [-0.2, 0) is 9.47 Å². The van der Waals surface area contributed by atoms with Crippen LogP contribution in [0.2, 0.25) is 0 Å². The summed E-state index contributed by atoms with van der Waals surface area (Å²) < 4.78 is 16.0. The van der Waals surface area contributed by atoms with Crippen LogP contribution >= 0.6 is 0 Å². The van der Waals surface area contributed by atoms with E-state index in [1.54, 1.807) is 14.2 Å². The Morgan fingerprint density at radius 1 is 1.29 bits per heavy atom. The van der Waals surface area contributed by atoms with Gasteiger partial charge in [0.1, 0.15) is 11.8 Å². The van der Waals surface area contributed by atoms with E-state index in [-0.39, 0.29) is 6.04 Å². The maximum Gasteiger partial charge on any atom is 0.160 e. The highest BCUT2D eigenvalue weighted by Gasteiger charge is 2.21. The van der Waals surface area contributed by atoms with Gasteiger partial charge in [-0.25, -0.2) is 10.4 Å². The average molecular weight is 290 g/mol. The maximum atomic E-state index is 5.41. The fourth-order valence-electron chi connectivity index (χ4n) is 2.25. The Labute approximate surface area is 125 Å². The van der Waals surface area contributed by atoms with Crippen molar-refractivity contribution in [2.24, 2.45) is 0 Å². The molecule has 1 aliphatic rings. The molecule has 0 aliphatic carbocycles. The van der Waals surface area contributed by atoms with Gasteiger partial charge in [-0.2, -0.15) is 0 Å². The first-order valence-corrected chi connectivity index (χ1v) is 6.95. The van der Waals surface area contributed by atoms with Crippen molar-refractivity contribution >= 4 is 0 Å². The summed E-state index contributed by atoms with van der Waals surface area (Å²) in [5.41, 5.74) is 7.39. The van der Waals surface area contributed by atoms with Crippen LogP contribution in [0.15, 0.2) is 42.3 Å². The van der Waals surface area contributed by atoms with Gasteiger partial charge in [-0.1, -0.05) is 24.4 Å². The third-order valence-electron chi connectivity index (χ3n) is 3.43. The van der Waals surface area contributed by atoms with Crippen LogP contribution in [0.3, 0.4) is 0 Å². The molecule has 1 saturated heterocycles. The predicted molar refractivity (Wildman–Crippen MR) is 80.9 cm³/mol. The molecule has 1 unspecified atom stereocenters. The smallest absolute Gasteiger partial charge is 0.160 e. The second kappa shape index (κ2) is 7.86. The average Bonchev–Trinajstić information content (AvgIpc) is 2.56. The molecule has 1 aromatic rings. The zero-order chi connectivity index (χ0) is 15.1. The van der Waals surface area contributed by atoms with Gasteiger partial charge in [-0.05, 0) is 17.7 Å². The zero-order valence-corrected chi connectivity index (χ0v) is 12.6. The maximum absolute atomic E-state index is 5.41. The van der Waals surface area contributed by atoms with Crippen molar-refractivity contribution in [1.82, 2.24) is 10.4 Å². The van der Waals surface area contributed by atoms with Crippen molar-refractivity contribution in [2.75, 3.05) is 40.5 Å². The summed E-state index contributed by atoms with van der Waals surface area (Å²) in [5.74, 6) is 1.48. The number of hydrogen-bond donors (Lipinski definition) is 1. The van der Waals surface area contributed by atoms with Crippen LogP contribution in [0.4, 0.5) is 0 Å². The number of methoxy groups -OCH3 is 2. The predicted octanol–water partition coefficient (Wildman–Crippen LogP) is 1.89. The summed E-state index contributed by atoms with van der Waals surface area (Å²) in [4.78, 5) is 0. The topological polar surface area (TPSA) is 43.0 Å². The molecule has 0 spiro atoms. The normalized spacial score (nSPS) is 16.9. The first-order valence-electron chi connectivity index (χ1n) is 6.95. The van der Waals surface area contributed by atoms with E-state index in [9.17, 15) is 0 Å². The second-order valence-corrected chi connectivity index (χ2v) is 4.68. The summed E-state index contributed by atoms with van der Waals surface area (Å²) in [6, 6.07) is 7.75. The largest absolute Gasteiger partial charge is 0.497 e. The molecular formula is C16H22N2O3. The van der Waals surface area contributed by atoms with Crippen molar-refractivity contribution in [3.05, 3.63) is 47.9 Å². The van der Waals surface area contributed by atoms with Gasteiger partial charge >= 0.3 is 0 Å². The highest BCUT2D eigenvalue weighted by atomic mass is 16.5. The van der Waals surface area contributed by atoms with Gasteiger partial charge in [0.15, 0.2) is 5.76 Å². The lowest BCUT2D eigenvalue weighted by atomic mass is 10.1. The number of ether oxygens (including phenoxy) is 3. The minimum atomic E-state index is -0.128. The van der Waals surface area contributed by atoms with Crippen LogP contribution in [0.25, 0.3) is 0 Å². The molecule has 1 fully saturated rings. The third kappa shape index (κ3) is 4.09. The van der Waals surface area contributed by atoms with Gasteiger partial charge in [-0.3, -0.25) is 0 Å². The van der Waals surface area contributed by atoms with E-state index in [1.807, 2.05) is 24.3 Å². The number of morpholine rings is 1. The lowest BCUT2D eigenvalue weighted by molar-refractivity contribution is 0.00216. The minimum absolute atomic E-state index is 0.128. The zero-order valence-electron chi connectivity index (χ0n) is 12.6. The van der Waals surface area contributed by atoms with Crippen LogP contribution in [0.5, 0.6) is 5.75 Å². The number of hydrazine groups is 1. The summed E-state index contributed by atoms with van der Waals surface area (Å²) in [7, 11) is 3.29. The van der Waals surface area contributed by atoms with E-state index in [1.165, 1.54) is 0 Å². The number of rotatable bonds is 6. The first-order chi connectivity index (χ1) is 10.3. The lowest BCUT2D eigenvalue weighted by Crippen LogP contribution is -2.47. The molecule has 0 bridgehead atoms. The van der Waals surface area contributed by atoms with E-state index in [4.69, 9.17) is 14.2 Å². The Morgan fingerprint density at radius 3 is 2.48 bits per heavy atom. The van der Waals surface area contributed by atoms with E-state index in [0.717, 1.165) is 37.6 Å². The SMILES string of the molecule is C=C=C(OC)C(NN1CCOCC1)c1ccc(OC)cc1. The molecule has 1 aromatic carbocycles. The van der Waals surface area contributed by atoms with Crippen molar-refractivity contribution in [3.8, 4) is 5.75 Å². The molecule has 1 aliphatic heterocycles. The molecule has 0 aromatic heterocycles. The Bertz CT molecular complexity index is 489. The summed E-state index contributed by atoms with van der Waals surface area (Å²) in [6.45, 7) is 6.83. The summed E-state index contributed by atoms with van der Waals surface area (Å²) >= 11 is 0. The molecule has 0 amide bonds. The quantitative estimate of drug-likeness (QED) is 0.640. The fourth-order valence-corrected chi connectivity index (χ4v) is 2.25. The van der Waals surface area contributed by atoms with Crippen molar-refractivity contribution in [2.45, 2.75) is 6.04 Å². The van der Waals surface area contributed by atoms with Crippen molar-refractivity contribution < 1.29 is 14.2 Å². The molecule has 5 nitrogen and oxygen atoms in total. The minimum Gasteiger partial charge on any atom is -0.497 e. The summed E-state index contributed by atoms with van der Waals surface area (Å²) in [6.07, 6.45) is 0. The van der Waals surface area contributed by atoms with E-state index in [0.29, 0.717) is 5.76 Å². The fraction of sp³-hybridized carbons (Fsp3) is 0.438. The first kappa shape index (κ1) is 15.6. The molecule has 0 saturated carbocycles. The van der Waals surface area contributed by atoms with Crippen LogP contribution in [0, 0.1) is 0 Å². The molecule has 1 N–H and O–H groups in total. The van der Waals surface area contributed by atoms with Crippen LogP contribution in [-0.4, -0.2) is 45.5 Å². The van der Waals surface area contributed by atoms with Crippen LogP contribution < -0.4 is 10.2 Å². The van der Waals surface area contributed by atoms with Gasteiger partial charge in [0.2, 0.25) is 0 Å². The molecule has 1 heterocycles. The van der Waals surface area contributed by atoms with E-state index < -0.39 is 0 Å². The van der Waals surface area contributed by atoms with E-state index >= 15 is 0 Å². The highest BCUT2D eigenvalue weighted by molar-refractivity contribution is 5.32. The third-order valence-corrected chi connectivity index (χ3v) is 3.43. The van der Waals surface area contributed by atoms with Gasteiger partial charge in [0.05, 0.1) is 27.4 Å². The molecule has 1 atom stereocenters. The molecule has 2 rings (SSSR count). The van der Waals surface area contributed by atoms with E-state index in [2.05, 4.69) is 22.7 Å². The molecule has 0 radical (unpaired) electrons. The highest BCUT2D eigenvalue weighted by Crippen LogP contribution is 2.24. The number of hydrogen-bond acceptors (Lipinski definition) is 5. The molecular weight excluding hydrogens is 268 g/mol. The number of nitrogens with one attached hydrogen (secondary N) is 1. The Kier molecular flexibility index (Phi) is 5.84. The molecule has 114 valence electrons. The van der Waals surface area contributed by atoms with Crippen molar-refractivity contribution in [3.63, 3.8) is 0 Å². The number of nitrogens with zero attached hydrogens (tertiary/aromatic N) is 1. The monoisotopic (exact) mass is 290 g/mol. The summed E-state index contributed by atoms with van der Waals surface area (Å²) in [5, 5.41) is 2.13. The Hall–Kier alpha value is -1.78.